The number of hydrogen-bond donors (Lipinski definition) is 1. The van der Waals surface area contributed by atoms with Gasteiger partial charge in [-0.3, -0.25) is 4.98 Å². The largest absolute Gasteiger partial charge is 0.478 e. The number of nitrogens with one attached hydrogen (secondary N) is 1. The van der Waals surface area contributed by atoms with E-state index in [2.05, 4.69) is 27.2 Å². The number of rotatable bonds is 6. The Bertz CT molecular complexity index is 545. The van der Waals surface area contributed by atoms with Crippen LogP contribution in [0.3, 0.4) is 0 Å². The number of pyridine rings is 1. The van der Waals surface area contributed by atoms with Crippen LogP contribution >= 0.6 is 0 Å². The highest BCUT2D eigenvalue weighted by molar-refractivity contribution is 5.33. The molecule has 0 aliphatic carbocycles. The van der Waals surface area contributed by atoms with Gasteiger partial charge in [-0.2, -0.15) is 4.98 Å². The molecule has 0 bridgehead atoms. The maximum Gasteiger partial charge on any atom is 0.226 e. The fraction of sp³-hybridized carbons (Fsp3) is 0.400. The predicted molar refractivity (Wildman–Crippen MR) is 78.8 cm³/mol. The Labute approximate surface area is 119 Å². The fourth-order valence-electron chi connectivity index (χ4n) is 1.78. The van der Waals surface area contributed by atoms with Crippen molar-refractivity contribution in [1.29, 1.82) is 0 Å². The normalized spacial score (nSPS) is 11.9. The lowest BCUT2D eigenvalue weighted by molar-refractivity contribution is 0.305. The molecule has 106 valence electrons. The van der Waals surface area contributed by atoms with Gasteiger partial charge < -0.3 is 10.1 Å². The van der Waals surface area contributed by atoms with E-state index in [1.807, 2.05) is 38.1 Å². The van der Waals surface area contributed by atoms with Crippen LogP contribution in [-0.2, 0) is 0 Å². The van der Waals surface area contributed by atoms with Gasteiger partial charge in [0.15, 0.2) is 0 Å². The average Bonchev–Trinajstić information content (AvgIpc) is 2.45. The van der Waals surface area contributed by atoms with Gasteiger partial charge in [-0.05, 0) is 32.4 Å². The SMILES string of the molecule is CCCOc1cc(C)nc(NC(C)c2ccccn2)n1. The third kappa shape index (κ3) is 3.91. The molecule has 2 aromatic heterocycles. The summed E-state index contributed by atoms with van der Waals surface area (Å²) in [5.41, 5.74) is 1.83. The van der Waals surface area contributed by atoms with E-state index in [0.29, 0.717) is 18.4 Å². The summed E-state index contributed by atoms with van der Waals surface area (Å²) in [7, 11) is 0. The van der Waals surface area contributed by atoms with Crippen LogP contribution in [0.25, 0.3) is 0 Å². The molecule has 2 rings (SSSR count). The zero-order chi connectivity index (χ0) is 14.4. The minimum atomic E-state index is 0.0389. The van der Waals surface area contributed by atoms with Gasteiger partial charge >= 0.3 is 0 Å². The molecule has 0 aliphatic rings. The average molecular weight is 272 g/mol. The summed E-state index contributed by atoms with van der Waals surface area (Å²) in [6, 6.07) is 7.72. The zero-order valence-electron chi connectivity index (χ0n) is 12.1. The molecule has 0 radical (unpaired) electrons. The van der Waals surface area contributed by atoms with Crippen LogP contribution in [0, 0.1) is 6.92 Å². The van der Waals surface area contributed by atoms with Crippen LogP contribution in [0.5, 0.6) is 5.88 Å². The summed E-state index contributed by atoms with van der Waals surface area (Å²) in [5, 5.41) is 3.25. The van der Waals surface area contributed by atoms with E-state index in [1.165, 1.54) is 0 Å². The van der Waals surface area contributed by atoms with E-state index in [0.717, 1.165) is 17.8 Å². The Morgan fingerprint density at radius 3 is 2.85 bits per heavy atom. The second kappa shape index (κ2) is 6.84. The van der Waals surface area contributed by atoms with Gasteiger partial charge in [0.1, 0.15) is 0 Å². The summed E-state index contributed by atoms with van der Waals surface area (Å²) in [5.74, 6) is 1.17. The molecule has 20 heavy (non-hydrogen) atoms. The number of ether oxygens (including phenoxy) is 1. The molecule has 1 atom stereocenters. The molecular weight excluding hydrogens is 252 g/mol. The summed E-state index contributed by atoms with van der Waals surface area (Å²) in [6.07, 6.45) is 2.73. The molecule has 0 amide bonds. The molecule has 0 saturated carbocycles. The first kappa shape index (κ1) is 14.2. The monoisotopic (exact) mass is 272 g/mol. The van der Waals surface area contributed by atoms with E-state index < -0.39 is 0 Å². The number of hydrogen-bond acceptors (Lipinski definition) is 5. The lowest BCUT2D eigenvalue weighted by atomic mass is 10.2. The minimum absolute atomic E-state index is 0.0389. The summed E-state index contributed by atoms with van der Waals surface area (Å²) in [4.78, 5) is 13.1. The number of nitrogens with zero attached hydrogens (tertiary/aromatic N) is 3. The van der Waals surface area contributed by atoms with E-state index in [-0.39, 0.29) is 6.04 Å². The van der Waals surface area contributed by atoms with Gasteiger partial charge in [0.2, 0.25) is 11.8 Å². The number of anilines is 1. The van der Waals surface area contributed by atoms with Crippen molar-refractivity contribution >= 4 is 5.95 Å². The van der Waals surface area contributed by atoms with Crippen molar-refractivity contribution in [2.45, 2.75) is 33.2 Å². The molecule has 0 spiro atoms. The zero-order valence-corrected chi connectivity index (χ0v) is 12.1. The van der Waals surface area contributed by atoms with E-state index in [1.54, 1.807) is 6.20 Å². The van der Waals surface area contributed by atoms with Crippen molar-refractivity contribution in [3.8, 4) is 5.88 Å². The first-order chi connectivity index (χ1) is 9.69. The van der Waals surface area contributed by atoms with Gasteiger partial charge in [0.05, 0.1) is 18.3 Å². The number of aromatic nitrogens is 3. The first-order valence-corrected chi connectivity index (χ1v) is 6.85. The van der Waals surface area contributed by atoms with Crippen molar-refractivity contribution in [2.75, 3.05) is 11.9 Å². The van der Waals surface area contributed by atoms with Crippen molar-refractivity contribution in [1.82, 2.24) is 15.0 Å². The lowest BCUT2D eigenvalue weighted by Crippen LogP contribution is -2.12. The third-order valence-corrected chi connectivity index (χ3v) is 2.76. The highest BCUT2D eigenvalue weighted by atomic mass is 16.5. The van der Waals surface area contributed by atoms with Crippen molar-refractivity contribution in [3.63, 3.8) is 0 Å². The lowest BCUT2D eigenvalue weighted by Gasteiger charge is -2.14. The molecule has 2 heterocycles. The highest BCUT2D eigenvalue weighted by Crippen LogP contribution is 2.17. The van der Waals surface area contributed by atoms with Crippen LogP contribution in [0.1, 0.15) is 37.7 Å². The van der Waals surface area contributed by atoms with Gasteiger partial charge in [0, 0.05) is 18.0 Å². The summed E-state index contributed by atoms with van der Waals surface area (Å²) >= 11 is 0. The minimum Gasteiger partial charge on any atom is -0.478 e. The Hall–Kier alpha value is -2.17. The smallest absolute Gasteiger partial charge is 0.226 e. The molecule has 0 aliphatic heterocycles. The van der Waals surface area contributed by atoms with Crippen molar-refractivity contribution in [2.24, 2.45) is 0 Å². The molecule has 1 unspecified atom stereocenters. The Morgan fingerprint density at radius 2 is 2.15 bits per heavy atom. The quantitative estimate of drug-likeness (QED) is 0.875. The molecular formula is C15H20N4O. The molecule has 5 nitrogen and oxygen atoms in total. The van der Waals surface area contributed by atoms with Crippen LogP contribution < -0.4 is 10.1 Å². The van der Waals surface area contributed by atoms with E-state index in [4.69, 9.17) is 4.74 Å². The molecule has 5 heteroatoms. The van der Waals surface area contributed by atoms with Crippen LogP contribution in [0.15, 0.2) is 30.5 Å². The molecule has 2 aromatic rings. The maximum atomic E-state index is 5.56. The Morgan fingerprint density at radius 1 is 1.30 bits per heavy atom. The molecule has 0 fully saturated rings. The predicted octanol–water partition coefficient (Wildman–Crippen LogP) is 3.14. The van der Waals surface area contributed by atoms with Crippen molar-refractivity contribution in [3.05, 3.63) is 41.9 Å². The van der Waals surface area contributed by atoms with E-state index in [9.17, 15) is 0 Å². The number of aryl methyl sites for hydroxylation is 1. The third-order valence-electron chi connectivity index (χ3n) is 2.76. The van der Waals surface area contributed by atoms with Crippen LogP contribution in [0.2, 0.25) is 0 Å². The molecule has 0 aromatic carbocycles. The topological polar surface area (TPSA) is 59.9 Å². The highest BCUT2D eigenvalue weighted by Gasteiger charge is 2.09. The second-order valence-electron chi connectivity index (χ2n) is 4.64. The first-order valence-electron chi connectivity index (χ1n) is 6.85. The van der Waals surface area contributed by atoms with Crippen molar-refractivity contribution < 1.29 is 4.74 Å². The maximum absolute atomic E-state index is 5.56. The van der Waals surface area contributed by atoms with Crippen LogP contribution in [0.4, 0.5) is 5.95 Å². The summed E-state index contributed by atoms with van der Waals surface area (Å²) < 4.78 is 5.56. The Kier molecular flexibility index (Phi) is 4.87. The molecule has 0 saturated heterocycles. The fourth-order valence-corrected chi connectivity index (χ4v) is 1.78. The molecule has 1 N–H and O–H groups in total. The summed E-state index contributed by atoms with van der Waals surface area (Å²) in [6.45, 7) is 6.68. The van der Waals surface area contributed by atoms with Gasteiger partial charge in [0.25, 0.3) is 0 Å². The van der Waals surface area contributed by atoms with Gasteiger partial charge in [-0.25, -0.2) is 4.98 Å². The standard InChI is InChI=1S/C15H20N4O/c1-4-9-20-14-10-11(2)17-15(19-14)18-12(3)13-7-5-6-8-16-13/h5-8,10,12H,4,9H2,1-3H3,(H,17,18,19). The van der Waals surface area contributed by atoms with Crippen LogP contribution in [-0.4, -0.2) is 21.6 Å². The van der Waals surface area contributed by atoms with Gasteiger partial charge in [-0.1, -0.05) is 13.0 Å². The Balaban J connectivity index is 2.10. The van der Waals surface area contributed by atoms with E-state index >= 15 is 0 Å². The second-order valence-corrected chi connectivity index (χ2v) is 4.64. The van der Waals surface area contributed by atoms with Gasteiger partial charge in [-0.15, -0.1) is 0 Å².